The molecular formula is C25H36N2O2. The van der Waals surface area contributed by atoms with Crippen molar-refractivity contribution in [2.24, 2.45) is 0 Å². The number of hydrogen-bond acceptors (Lipinski definition) is 3. The molecule has 1 amide bonds. The van der Waals surface area contributed by atoms with Crippen LogP contribution in [0.4, 0.5) is 0 Å². The first kappa shape index (κ1) is 23.1. The zero-order chi connectivity index (χ0) is 21.2. The van der Waals surface area contributed by atoms with Gasteiger partial charge in [0.1, 0.15) is 0 Å². The number of carbonyl (C=O) groups is 1. The van der Waals surface area contributed by atoms with E-state index in [0.29, 0.717) is 6.54 Å². The second-order valence-corrected chi connectivity index (χ2v) is 7.45. The van der Waals surface area contributed by atoms with Crippen LogP contribution in [0.2, 0.25) is 0 Å². The number of aliphatic hydroxyl groups excluding tert-OH is 1. The number of carbonyl (C=O) groups excluding carboxylic acids is 1. The fourth-order valence-corrected chi connectivity index (χ4v) is 3.99. The molecule has 1 heterocycles. The summed E-state index contributed by atoms with van der Waals surface area (Å²) in [6, 6.07) is 20.2. The van der Waals surface area contributed by atoms with E-state index in [2.05, 4.69) is 24.0 Å². The lowest BCUT2D eigenvalue weighted by atomic mass is 9.93. The van der Waals surface area contributed by atoms with Crippen molar-refractivity contribution in [1.82, 2.24) is 9.80 Å². The van der Waals surface area contributed by atoms with Crippen LogP contribution in [0.1, 0.15) is 56.7 Å². The number of β-amino-alcohol motifs (C(OH)–C–C–N with tert-alkyl or cyclic N) is 1. The summed E-state index contributed by atoms with van der Waals surface area (Å²) in [6.07, 6.45) is 1.33. The van der Waals surface area contributed by atoms with Crippen molar-refractivity contribution in [1.29, 1.82) is 0 Å². The monoisotopic (exact) mass is 396 g/mol. The number of rotatable bonds is 7. The minimum absolute atomic E-state index is 0.0261. The van der Waals surface area contributed by atoms with Crippen molar-refractivity contribution in [3.8, 4) is 0 Å². The Labute approximate surface area is 176 Å². The molecule has 29 heavy (non-hydrogen) atoms. The summed E-state index contributed by atoms with van der Waals surface area (Å²) < 4.78 is 0. The fraction of sp³-hybridized carbons (Fsp3) is 0.480. The second-order valence-electron chi connectivity index (χ2n) is 7.45. The lowest BCUT2D eigenvalue weighted by molar-refractivity contribution is -0.134. The first-order valence-corrected chi connectivity index (χ1v) is 10.9. The van der Waals surface area contributed by atoms with Crippen LogP contribution in [-0.4, -0.2) is 53.6 Å². The van der Waals surface area contributed by atoms with Crippen LogP contribution < -0.4 is 0 Å². The predicted octanol–water partition coefficient (Wildman–Crippen LogP) is 4.47. The molecule has 0 radical (unpaired) electrons. The highest BCUT2D eigenvalue weighted by atomic mass is 16.3. The number of likely N-dealkylation sites (tertiary alicyclic amines) is 1. The van der Waals surface area contributed by atoms with E-state index >= 15 is 0 Å². The number of aliphatic hydroxyl groups is 1. The van der Waals surface area contributed by atoms with Crippen molar-refractivity contribution >= 4 is 5.91 Å². The molecule has 1 saturated heterocycles. The molecule has 4 nitrogen and oxygen atoms in total. The lowest BCUT2D eigenvalue weighted by Gasteiger charge is -2.34. The van der Waals surface area contributed by atoms with Gasteiger partial charge in [-0.15, -0.1) is 0 Å². The first-order valence-electron chi connectivity index (χ1n) is 10.9. The zero-order valence-electron chi connectivity index (χ0n) is 18.3. The van der Waals surface area contributed by atoms with Crippen LogP contribution >= 0.6 is 0 Å². The maximum Gasteiger partial charge on any atom is 0.230 e. The summed E-state index contributed by atoms with van der Waals surface area (Å²) in [5.74, 6) is 0.0175. The van der Waals surface area contributed by atoms with Crippen LogP contribution in [0, 0.1) is 0 Å². The zero-order valence-corrected chi connectivity index (χ0v) is 18.3. The summed E-state index contributed by atoms with van der Waals surface area (Å²) in [4.78, 5) is 17.5. The SMILES string of the molecule is CC.CCC(C(=O)N(C)[C@H](CN1CC[C@H](O)C1)c1ccccc1)c1ccccc1. The molecule has 1 fully saturated rings. The molecule has 1 N–H and O–H groups in total. The molecular weight excluding hydrogens is 360 g/mol. The summed E-state index contributed by atoms with van der Waals surface area (Å²) in [5, 5.41) is 9.88. The molecule has 3 atom stereocenters. The Bertz CT molecular complexity index is 720. The molecule has 158 valence electrons. The molecule has 0 aliphatic carbocycles. The number of amides is 1. The molecule has 2 aromatic carbocycles. The molecule has 0 saturated carbocycles. The van der Waals surface area contributed by atoms with Gasteiger partial charge in [0.15, 0.2) is 0 Å². The van der Waals surface area contributed by atoms with Crippen LogP contribution in [0.3, 0.4) is 0 Å². The van der Waals surface area contributed by atoms with E-state index in [-0.39, 0.29) is 24.0 Å². The molecule has 1 aliphatic rings. The van der Waals surface area contributed by atoms with Gasteiger partial charge in [0.05, 0.1) is 18.1 Å². The highest BCUT2D eigenvalue weighted by Crippen LogP contribution is 2.28. The maximum absolute atomic E-state index is 13.4. The standard InChI is InChI=1S/C23H30N2O2.C2H6/c1-3-21(18-10-6-4-7-11-18)23(27)24(2)22(19-12-8-5-9-13-19)17-25-15-14-20(26)16-25;1-2/h4-13,20-22,26H,3,14-17H2,1-2H3;1-2H3/t20-,21?,22+;/m0./s1. The minimum Gasteiger partial charge on any atom is -0.392 e. The Balaban J connectivity index is 0.00000145. The normalized spacial score (nSPS) is 18.4. The number of benzene rings is 2. The van der Waals surface area contributed by atoms with Crippen molar-refractivity contribution in [2.45, 2.75) is 51.7 Å². The van der Waals surface area contributed by atoms with Gasteiger partial charge >= 0.3 is 0 Å². The van der Waals surface area contributed by atoms with Gasteiger partial charge < -0.3 is 10.0 Å². The average molecular weight is 397 g/mol. The van der Waals surface area contributed by atoms with E-state index in [4.69, 9.17) is 0 Å². The topological polar surface area (TPSA) is 43.8 Å². The molecule has 2 aromatic rings. The highest BCUT2D eigenvalue weighted by Gasteiger charge is 2.31. The van der Waals surface area contributed by atoms with Crippen molar-refractivity contribution in [2.75, 3.05) is 26.7 Å². The van der Waals surface area contributed by atoms with E-state index in [1.807, 2.05) is 74.3 Å². The third kappa shape index (κ3) is 6.15. The predicted molar refractivity (Wildman–Crippen MR) is 120 cm³/mol. The Morgan fingerprint density at radius 1 is 1.07 bits per heavy atom. The number of likely N-dealkylation sites (N-methyl/N-ethyl adjacent to an activating group) is 1. The van der Waals surface area contributed by atoms with Gasteiger partial charge in [-0.2, -0.15) is 0 Å². The average Bonchev–Trinajstić information content (AvgIpc) is 3.19. The van der Waals surface area contributed by atoms with Crippen molar-refractivity contribution < 1.29 is 9.90 Å². The van der Waals surface area contributed by atoms with Crippen molar-refractivity contribution in [3.63, 3.8) is 0 Å². The van der Waals surface area contributed by atoms with Crippen LogP contribution in [0.25, 0.3) is 0 Å². The molecule has 1 unspecified atom stereocenters. The quantitative estimate of drug-likeness (QED) is 0.751. The summed E-state index contributed by atoms with van der Waals surface area (Å²) >= 11 is 0. The van der Waals surface area contributed by atoms with E-state index in [1.165, 1.54) is 0 Å². The fourth-order valence-electron chi connectivity index (χ4n) is 3.99. The van der Waals surface area contributed by atoms with Gasteiger partial charge in [0, 0.05) is 26.7 Å². The number of hydrogen-bond donors (Lipinski definition) is 1. The van der Waals surface area contributed by atoms with Crippen LogP contribution in [0.15, 0.2) is 60.7 Å². The van der Waals surface area contributed by atoms with Gasteiger partial charge in [-0.3, -0.25) is 9.69 Å². The highest BCUT2D eigenvalue weighted by molar-refractivity contribution is 5.84. The molecule has 3 rings (SSSR count). The van der Waals surface area contributed by atoms with Gasteiger partial charge in [0.2, 0.25) is 5.91 Å². The molecule has 4 heteroatoms. The summed E-state index contributed by atoms with van der Waals surface area (Å²) in [7, 11) is 1.91. The van der Waals surface area contributed by atoms with E-state index in [0.717, 1.165) is 37.1 Å². The molecule has 0 bridgehead atoms. The van der Waals surface area contributed by atoms with Crippen LogP contribution in [0.5, 0.6) is 0 Å². The van der Waals surface area contributed by atoms with E-state index < -0.39 is 0 Å². The van der Waals surface area contributed by atoms with Crippen molar-refractivity contribution in [3.05, 3.63) is 71.8 Å². The third-order valence-corrected chi connectivity index (χ3v) is 5.59. The third-order valence-electron chi connectivity index (χ3n) is 5.59. The summed E-state index contributed by atoms with van der Waals surface area (Å²) in [6.45, 7) is 8.37. The maximum atomic E-state index is 13.4. The smallest absolute Gasteiger partial charge is 0.230 e. The summed E-state index contributed by atoms with van der Waals surface area (Å²) in [5.41, 5.74) is 2.21. The largest absolute Gasteiger partial charge is 0.392 e. The van der Waals surface area contributed by atoms with Crippen LogP contribution in [-0.2, 0) is 4.79 Å². The van der Waals surface area contributed by atoms with Gasteiger partial charge in [-0.1, -0.05) is 81.4 Å². The molecule has 1 aliphatic heterocycles. The van der Waals surface area contributed by atoms with E-state index in [1.54, 1.807) is 0 Å². The molecule has 0 spiro atoms. The van der Waals surface area contributed by atoms with Gasteiger partial charge in [-0.25, -0.2) is 0 Å². The van der Waals surface area contributed by atoms with Gasteiger partial charge in [0.25, 0.3) is 0 Å². The number of nitrogens with zero attached hydrogens (tertiary/aromatic N) is 2. The Morgan fingerprint density at radius 2 is 1.62 bits per heavy atom. The Hall–Kier alpha value is -2.17. The lowest BCUT2D eigenvalue weighted by Crippen LogP contribution is -2.41. The Morgan fingerprint density at radius 3 is 2.10 bits per heavy atom. The second kappa shape index (κ2) is 11.7. The first-order chi connectivity index (χ1) is 14.1. The minimum atomic E-state index is -0.254. The van der Waals surface area contributed by atoms with E-state index in [9.17, 15) is 9.90 Å². The molecule has 0 aromatic heterocycles. The van der Waals surface area contributed by atoms with Gasteiger partial charge in [-0.05, 0) is 24.0 Å². The Kier molecular flexibility index (Phi) is 9.36.